The summed E-state index contributed by atoms with van der Waals surface area (Å²) in [7, 11) is 0. The summed E-state index contributed by atoms with van der Waals surface area (Å²) < 4.78 is 0. The highest BCUT2D eigenvalue weighted by atomic mass is 16.6. The third kappa shape index (κ3) is 2.57. The number of aromatic hydroxyl groups is 1. The molecule has 2 rings (SSSR count). The SMILES string of the molecule is O=[N+]([O-])c1cc(Cc2ccccc2)cnc1O. The van der Waals surface area contributed by atoms with Crippen LogP contribution in [0.5, 0.6) is 5.88 Å². The summed E-state index contributed by atoms with van der Waals surface area (Å²) in [6.07, 6.45) is 1.99. The van der Waals surface area contributed by atoms with Crippen LogP contribution >= 0.6 is 0 Å². The van der Waals surface area contributed by atoms with Crippen LogP contribution < -0.4 is 0 Å². The van der Waals surface area contributed by atoms with Crippen LogP contribution in [0.2, 0.25) is 0 Å². The van der Waals surface area contributed by atoms with Crippen molar-refractivity contribution in [1.82, 2.24) is 4.98 Å². The van der Waals surface area contributed by atoms with Crippen molar-refractivity contribution in [3.63, 3.8) is 0 Å². The highest BCUT2D eigenvalue weighted by molar-refractivity contribution is 5.43. The Bertz CT molecular complexity index is 541. The molecule has 1 N–H and O–H groups in total. The van der Waals surface area contributed by atoms with Crippen LogP contribution in [0.25, 0.3) is 0 Å². The van der Waals surface area contributed by atoms with Gasteiger partial charge in [-0.3, -0.25) is 10.1 Å². The van der Waals surface area contributed by atoms with Crippen molar-refractivity contribution in [2.24, 2.45) is 0 Å². The van der Waals surface area contributed by atoms with E-state index in [4.69, 9.17) is 0 Å². The molecule has 5 nitrogen and oxygen atoms in total. The first kappa shape index (κ1) is 11.1. The molecular weight excluding hydrogens is 220 g/mol. The molecule has 0 saturated carbocycles. The number of benzene rings is 1. The van der Waals surface area contributed by atoms with Gasteiger partial charge >= 0.3 is 5.69 Å². The molecule has 2 aromatic rings. The van der Waals surface area contributed by atoms with Crippen molar-refractivity contribution >= 4 is 5.69 Å². The maximum atomic E-state index is 10.6. The lowest BCUT2D eigenvalue weighted by molar-refractivity contribution is -0.386. The molecular formula is C12H10N2O3. The van der Waals surface area contributed by atoms with Crippen LogP contribution in [-0.4, -0.2) is 15.0 Å². The van der Waals surface area contributed by atoms with Gasteiger partial charge in [-0.25, -0.2) is 4.98 Å². The zero-order valence-corrected chi connectivity index (χ0v) is 8.91. The van der Waals surface area contributed by atoms with Crippen molar-refractivity contribution in [1.29, 1.82) is 0 Å². The minimum absolute atomic E-state index is 0.363. The first-order valence-electron chi connectivity index (χ1n) is 5.03. The standard InChI is InChI=1S/C12H10N2O3/c15-12-11(14(16)17)7-10(8-13-12)6-9-4-2-1-3-5-9/h1-5,7-8H,6H2,(H,13,15). The van der Waals surface area contributed by atoms with Crippen molar-refractivity contribution in [2.75, 3.05) is 0 Å². The first-order valence-corrected chi connectivity index (χ1v) is 5.03. The van der Waals surface area contributed by atoms with E-state index in [1.54, 1.807) is 0 Å². The number of pyridine rings is 1. The maximum absolute atomic E-state index is 10.6. The molecule has 1 aromatic carbocycles. The van der Waals surface area contributed by atoms with Crippen LogP contribution in [0.4, 0.5) is 5.69 Å². The normalized spacial score (nSPS) is 10.1. The van der Waals surface area contributed by atoms with Gasteiger partial charge in [0.25, 0.3) is 5.88 Å². The molecule has 0 amide bonds. The monoisotopic (exact) mass is 230 g/mol. The Labute approximate surface area is 97.5 Å². The number of aromatic nitrogens is 1. The van der Waals surface area contributed by atoms with E-state index in [0.29, 0.717) is 12.0 Å². The van der Waals surface area contributed by atoms with E-state index in [1.165, 1.54) is 12.3 Å². The average molecular weight is 230 g/mol. The third-order valence-corrected chi connectivity index (χ3v) is 2.35. The van der Waals surface area contributed by atoms with Gasteiger partial charge in [0.05, 0.1) is 4.92 Å². The van der Waals surface area contributed by atoms with Crippen LogP contribution in [-0.2, 0) is 6.42 Å². The minimum atomic E-state index is -0.642. The second kappa shape index (κ2) is 4.61. The van der Waals surface area contributed by atoms with E-state index in [1.807, 2.05) is 30.3 Å². The van der Waals surface area contributed by atoms with Crippen LogP contribution in [0.3, 0.4) is 0 Å². The summed E-state index contributed by atoms with van der Waals surface area (Å²) in [5.74, 6) is -0.549. The molecule has 0 fully saturated rings. The molecule has 1 heterocycles. The Morgan fingerprint density at radius 2 is 1.94 bits per heavy atom. The fourth-order valence-electron chi connectivity index (χ4n) is 1.55. The summed E-state index contributed by atoms with van der Waals surface area (Å²) in [6.45, 7) is 0. The molecule has 0 aliphatic rings. The molecule has 0 unspecified atom stereocenters. The molecule has 0 saturated heterocycles. The second-order valence-corrected chi connectivity index (χ2v) is 3.61. The van der Waals surface area contributed by atoms with Crippen molar-refractivity contribution in [3.8, 4) is 5.88 Å². The molecule has 1 aromatic heterocycles. The van der Waals surface area contributed by atoms with Crippen molar-refractivity contribution in [2.45, 2.75) is 6.42 Å². The Morgan fingerprint density at radius 1 is 1.24 bits per heavy atom. The lowest BCUT2D eigenvalue weighted by atomic mass is 10.1. The summed E-state index contributed by atoms with van der Waals surface area (Å²) in [5.41, 5.74) is 1.37. The smallest absolute Gasteiger partial charge is 0.331 e. The molecule has 5 heteroatoms. The quantitative estimate of drug-likeness (QED) is 0.648. The van der Waals surface area contributed by atoms with Crippen molar-refractivity contribution < 1.29 is 10.0 Å². The lowest BCUT2D eigenvalue weighted by Crippen LogP contribution is -1.94. The molecule has 17 heavy (non-hydrogen) atoms. The summed E-state index contributed by atoms with van der Waals surface area (Å²) in [6, 6.07) is 10.9. The van der Waals surface area contributed by atoms with Gasteiger partial charge in [0.15, 0.2) is 0 Å². The molecule has 0 bridgehead atoms. The van der Waals surface area contributed by atoms with E-state index in [-0.39, 0.29) is 5.69 Å². The highest BCUT2D eigenvalue weighted by Gasteiger charge is 2.15. The topological polar surface area (TPSA) is 76.3 Å². The zero-order chi connectivity index (χ0) is 12.3. The van der Waals surface area contributed by atoms with Crippen LogP contribution in [0.15, 0.2) is 42.6 Å². The Balaban J connectivity index is 2.29. The first-order chi connectivity index (χ1) is 8.16. The molecule has 0 aliphatic carbocycles. The van der Waals surface area contributed by atoms with E-state index in [2.05, 4.69) is 4.98 Å². The summed E-state index contributed by atoms with van der Waals surface area (Å²) >= 11 is 0. The Morgan fingerprint density at radius 3 is 2.59 bits per heavy atom. The van der Waals surface area contributed by atoms with Crippen LogP contribution in [0, 0.1) is 10.1 Å². The van der Waals surface area contributed by atoms with Gasteiger partial charge in [0.2, 0.25) is 0 Å². The third-order valence-electron chi connectivity index (χ3n) is 2.35. The van der Waals surface area contributed by atoms with Gasteiger partial charge in [0, 0.05) is 12.3 Å². The van der Waals surface area contributed by atoms with Gasteiger partial charge in [-0.05, 0) is 17.5 Å². The van der Waals surface area contributed by atoms with E-state index < -0.39 is 10.8 Å². The molecule has 0 spiro atoms. The molecule has 0 atom stereocenters. The van der Waals surface area contributed by atoms with Crippen LogP contribution in [0.1, 0.15) is 11.1 Å². The average Bonchev–Trinajstić information content (AvgIpc) is 2.32. The zero-order valence-electron chi connectivity index (χ0n) is 8.91. The Kier molecular flexibility index (Phi) is 3.00. The minimum Gasteiger partial charge on any atom is -0.488 e. The van der Waals surface area contributed by atoms with Gasteiger partial charge in [0.1, 0.15) is 0 Å². The van der Waals surface area contributed by atoms with Gasteiger partial charge in [-0.1, -0.05) is 30.3 Å². The number of hydrogen-bond donors (Lipinski definition) is 1. The van der Waals surface area contributed by atoms with Gasteiger partial charge in [-0.15, -0.1) is 0 Å². The van der Waals surface area contributed by atoms with Gasteiger partial charge in [-0.2, -0.15) is 0 Å². The number of nitro groups is 1. The summed E-state index contributed by atoms with van der Waals surface area (Å²) in [4.78, 5) is 13.6. The van der Waals surface area contributed by atoms with E-state index in [0.717, 1.165) is 5.56 Å². The fraction of sp³-hybridized carbons (Fsp3) is 0.0833. The second-order valence-electron chi connectivity index (χ2n) is 3.61. The fourth-order valence-corrected chi connectivity index (χ4v) is 1.55. The predicted molar refractivity (Wildman–Crippen MR) is 61.8 cm³/mol. The van der Waals surface area contributed by atoms with E-state index >= 15 is 0 Å². The Hall–Kier alpha value is -2.43. The highest BCUT2D eigenvalue weighted by Crippen LogP contribution is 2.24. The maximum Gasteiger partial charge on any atom is 0.331 e. The number of rotatable bonds is 3. The largest absolute Gasteiger partial charge is 0.488 e. The predicted octanol–water partition coefficient (Wildman–Crippen LogP) is 2.29. The van der Waals surface area contributed by atoms with E-state index in [9.17, 15) is 15.2 Å². The van der Waals surface area contributed by atoms with Crippen molar-refractivity contribution in [3.05, 3.63) is 63.8 Å². The summed E-state index contributed by atoms with van der Waals surface area (Å²) in [5, 5.41) is 19.9. The number of nitrogens with zero attached hydrogens (tertiary/aromatic N) is 2. The number of hydrogen-bond acceptors (Lipinski definition) is 4. The molecule has 0 aliphatic heterocycles. The van der Waals surface area contributed by atoms with Gasteiger partial charge < -0.3 is 5.11 Å². The molecule has 86 valence electrons. The molecule has 0 radical (unpaired) electrons. The lowest BCUT2D eigenvalue weighted by Gasteiger charge is -2.02.